The van der Waals surface area contributed by atoms with Gasteiger partial charge in [-0.1, -0.05) is 13.8 Å². The summed E-state index contributed by atoms with van der Waals surface area (Å²) >= 11 is 0. The normalized spacial score (nSPS) is 13.4. The lowest BCUT2D eigenvalue weighted by Crippen LogP contribution is -1.99. The molecule has 0 aliphatic rings. The van der Waals surface area contributed by atoms with Gasteiger partial charge < -0.3 is 4.40 Å². The minimum atomic E-state index is 0.478. The lowest BCUT2D eigenvalue weighted by molar-refractivity contribution is 0.707. The van der Waals surface area contributed by atoms with Crippen LogP contribution in [-0.2, 0) is 0 Å². The molecule has 2 rings (SSSR count). The quantitative estimate of drug-likeness (QED) is 0.700. The largest absolute Gasteiger partial charge is 0.304 e. The summed E-state index contributed by atoms with van der Waals surface area (Å²) in [7, 11) is 0. The van der Waals surface area contributed by atoms with Crippen molar-refractivity contribution in [2.75, 3.05) is 0 Å². The SMILES string of the molecule is CCC(C)c1nccn2ccnc12. The first kappa shape index (κ1) is 8.23. The Morgan fingerprint density at radius 3 is 2.69 bits per heavy atom. The molecule has 68 valence electrons. The van der Waals surface area contributed by atoms with Crippen molar-refractivity contribution in [2.45, 2.75) is 26.2 Å². The zero-order valence-corrected chi connectivity index (χ0v) is 7.94. The van der Waals surface area contributed by atoms with Gasteiger partial charge in [0.15, 0.2) is 5.65 Å². The number of rotatable bonds is 2. The topological polar surface area (TPSA) is 30.2 Å². The first-order valence-corrected chi connectivity index (χ1v) is 4.60. The fraction of sp³-hybridized carbons (Fsp3) is 0.400. The molecule has 1 unspecified atom stereocenters. The van der Waals surface area contributed by atoms with Crippen LogP contribution in [0.5, 0.6) is 0 Å². The van der Waals surface area contributed by atoms with Crippen molar-refractivity contribution in [3.8, 4) is 0 Å². The summed E-state index contributed by atoms with van der Waals surface area (Å²) in [5.41, 5.74) is 2.08. The molecule has 3 heteroatoms. The second-order valence-electron chi connectivity index (χ2n) is 3.28. The predicted molar refractivity (Wildman–Crippen MR) is 51.7 cm³/mol. The Kier molecular flexibility index (Phi) is 2.00. The lowest BCUT2D eigenvalue weighted by Gasteiger charge is -2.07. The van der Waals surface area contributed by atoms with Crippen LogP contribution in [0.25, 0.3) is 5.65 Å². The molecule has 0 aliphatic heterocycles. The summed E-state index contributed by atoms with van der Waals surface area (Å²) in [5, 5.41) is 0. The van der Waals surface area contributed by atoms with Gasteiger partial charge in [0.25, 0.3) is 0 Å². The van der Waals surface area contributed by atoms with Crippen molar-refractivity contribution < 1.29 is 0 Å². The van der Waals surface area contributed by atoms with E-state index in [1.54, 1.807) is 0 Å². The molecule has 3 nitrogen and oxygen atoms in total. The van der Waals surface area contributed by atoms with E-state index in [9.17, 15) is 0 Å². The van der Waals surface area contributed by atoms with E-state index in [4.69, 9.17) is 0 Å². The van der Waals surface area contributed by atoms with E-state index in [1.807, 2.05) is 29.2 Å². The third-order valence-electron chi connectivity index (χ3n) is 2.42. The highest BCUT2D eigenvalue weighted by molar-refractivity contribution is 5.44. The van der Waals surface area contributed by atoms with Crippen molar-refractivity contribution in [1.29, 1.82) is 0 Å². The summed E-state index contributed by atoms with van der Waals surface area (Å²) in [5.74, 6) is 0.478. The fourth-order valence-electron chi connectivity index (χ4n) is 1.42. The van der Waals surface area contributed by atoms with Crippen molar-refractivity contribution >= 4 is 5.65 Å². The van der Waals surface area contributed by atoms with E-state index in [0.29, 0.717) is 5.92 Å². The average molecular weight is 175 g/mol. The van der Waals surface area contributed by atoms with E-state index in [1.165, 1.54) is 0 Å². The Hall–Kier alpha value is -1.38. The molecule has 0 aromatic carbocycles. The molecule has 1 atom stereocenters. The average Bonchev–Trinajstić information content (AvgIpc) is 2.63. The van der Waals surface area contributed by atoms with Gasteiger partial charge in [-0.25, -0.2) is 4.98 Å². The maximum Gasteiger partial charge on any atom is 0.158 e. The van der Waals surface area contributed by atoms with Crippen molar-refractivity contribution in [1.82, 2.24) is 14.4 Å². The Labute approximate surface area is 77.4 Å². The van der Waals surface area contributed by atoms with E-state index in [0.717, 1.165) is 17.8 Å². The first-order chi connectivity index (χ1) is 6.33. The van der Waals surface area contributed by atoms with Crippen molar-refractivity contribution in [3.63, 3.8) is 0 Å². The highest BCUT2D eigenvalue weighted by atomic mass is 15.0. The zero-order valence-electron chi connectivity index (χ0n) is 7.94. The van der Waals surface area contributed by atoms with Crippen LogP contribution in [0.1, 0.15) is 31.9 Å². The first-order valence-electron chi connectivity index (χ1n) is 4.60. The van der Waals surface area contributed by atoms with Gasteiger partial charge in [0.1, 0.15) is 0 Å². The number of hydrogen-bond donors (Lipinski definition) is 0. The molecule has 0 amide bonds. The number of fused-ring (bicyclic) bond motifs is 1. The smallest absolute Gasteiger partial charge is 0.158 e. The van der Waals surface area contributed by atoms with Crippen LogP contribution in [0.4, 0.5) is 0 Å². The maximum absolute atomic E-state index is 4.37. The minimum Gasteiger partial charge on any atom is -0.304 e. The van der Waals surface area contributed by atoms with Gasteiger partial charge in [0.2, 0.25) is 0 Å². The van der Waals surface area contributed by atoms with Crippen LogP contribution in [-0.4, -0.2) is 14.4 Å². The Morgan fingerprint density at radius 2 is 2.00 bits per heavy atom. The van der Waals surface area contributed by atoms with Gasteiger partial charge in [0.05, 0.1) is 5.69 Å². The molecule has 0 saturated carbocycles. The molecular weight excluding hydrogens is 162 g/mol. The molecule has 0 radical (unpaired) electrons. The van der Waals surface area contributed by atoms with Gasteiger partial charge in [-0.2, -0.15) is 0 Å². The van der Waals surface area contributed by atoms with Gasteiger partial charge in [-0.15, -0.1) is 0 Å². The molecule has 0 spiro atoms. The number of imidazole rings is 1. The van der Waals surface area contributed by atoms with E-state index in [-0.39, 0.29) is 0 Å². The van der Waals surface area contributed by atoms with Gasteiger partial charge >= 0.3 is 0 Å². The molecule has 0 N–H and O–H groups in total. The molecule has 0 bridgehead atoms. The fourth-order valence-corrected chi connectivity index (χ4v) is 1.42. The highest BCUT2D eigenvalue weighted by Gasteiger charge is 2.09. The number of hydrogen-bond acceptors (Lipinski definition) is 2. The number of aromatic nitrogens is 3. The number of nitrogens with zero attached hydrogens (tertiary/aromatic N) is 3. The molecule has 0 saturated heterocycles. The van der Waals surface area contributed by atoms with E-state index in [2.05, 4.69) is 23.8 Å². The predicted octanol–water partition coefficient (Wildman–Crippen LogP) is 2.24. The van der Waals surface area contributed by atoms with Crippen LogP contribution >= 0.6 is 0 Å². The summed E-state index contributed by atoms with van der Waals surface area (Å²) in [6, 6.07) is 0. The molecule has 0 aliphatic carbocycles. The molecule has 2 heterocycles. The second-order valence-corrected chi connectivity index (χ2v) is 3.28. The summed E-state index contributed by atoms with van der Waals surface area (Å²) in [4.78, 5) is 8.65. The second kappa shape index (κ2) is 3.17. The van der Waals surface area contributed by atoms with Gasteiger partial charge in [0, 0.05) is 30.7 Å². The lowest BCUT2D eigenvalue weighted by atomic mass is 10.1. The summed E-state index contributed by atoms with van der Waals surface area (Å²) < 4.78 is 2.01. The van der Waals surface area contributed by atoms with Crippen molar-refractivity contribution in [3.05, 3.63) is 30.5 Å². The van der Waals surface area contributed by atoms with Crippen LogP contribution < -0.4 is 0 Å². The Bertz CT molecular complexity index is 405. The van der Waals surface area contributed by atoms with E-state index < -0.39 is 0 Å². The Balaban J connectivity index is 2.60. The van der Waals surface area contributed by atoms with Crippen LogP contribution in [0, 0.1) is 0 Å². The van der Waals surface area contributed by atoms with Crippen molar-refractivity contribution in [2.24, 2.45) is 0 Å². The molecule has 2 aromatic rings. The molecule has 0 fully saturated rings. The zero-order chi connectivity index (χ0) is 9.26. The van der Waals surface area contributed by atoms with Gasteiger partial charge in [-0.05, 0) is 6.42 Å². The third-order valence-corrected chi connectivity index (χ3v) is 2.42. The standard InChI is InChI=1S/C10H13N3/c1-3-8(2)9-10-12-5-7-13(10)6-4-11-9/h4-8H,3H2,1-2H3. The third kappa shape index (κ3) is 1.30. The van der Waals surface area contributed by atoms with Crippen LogP contribution in [0.15, 0.2) is 24.8 Å². The summed E-state index contributed by atoms with van der Waals surface area (Å²) in [6.07, 6.45) is 8.61. The van der Waals surface area contributed by atoms with Crippen LogP contribution in [0.2, 0.25) is 0 Å². The van der Waals surface area contributed by atoms with Gasteiger partial charge in [-0.3, -0.25) is 4.98 Å². The highest BCUT2D eigenvalue weighted by Crippen LogP contribution is 2.19. The monoisotopic (exact) mass is 175 g/mol. The van der Waals surface area contributed by atoms with Crippen LogP contribution in [0.3, 0.4) is 0 Å². The molecular formula is C10H13N3. The molecule has 13 heavy (non-hydrogen) atoms. The minimum absolute atomic E-state index is 0.478. The maximum atomic E-state index is 4.37. The molecule has 2 aromatic heterocycles. The Morgan fingerprint density at radius 1 is 1.31 bits per heavy atom. The summed E-state index contributed by atoms with van der Waals surface area (Å²) in [6.45, 7) is 4.34. The van der Waals surface area contributed by atoms with E-state index >= 15 is 0 Å².